The number of ether oxygens (including phenoxy) is 2. The van der Waals surface area contributed by atoms with Gasteiger partial charge in [0.1, 0.15) is 11.5 Å². The second-order valence-electron chi connectivity index (χ2n) is 4.47. The van der Waals surface area contributed by atoms with Gasteiger partial charge >= 0.3 is 0 Å². The molecule has 0 atom stereocenters. The van der Waals surface area contributed by atoms with Gasteiger partial charge in [-0.15, -0.1) is 0 Å². The Morgan fingerprint density at radius 1 is 1.09 bits per heavy atom. The Bertz CT molecular complexity index is 726. The van der Waals surface area contributed by atoms with E-state index in [1.165, 1.54) is 12.3 Å². The van der Waals surface area contributed by atoms with Crippen molar-refractivity contribution in [3.63, 3.8) is 0 Å². The van der Waals surface area contributed by atoms with Crippen LogP contribution in [0.15, 0.2) is 41.5 Å². The average molecular weight is 353 g/mol. The first-order valence-electron chi connectivity index (χ1n) is 6.55. The Morgan fingerprint density at radius 2 is 1.74 bits per heavy atom. The summed E-state index contributed by atoms with van der Waals surface area (Å²) in [6, 6.07) is 9.88. The Labute approximate surface area is 143 Å². The van der Waals surface area contributed by atoms with Crippen LogP contribution in [0.1, 0.15) is 15.9 Å². The molecule has 0 spiro atoms. The van der Waals surface area contributed by atoms with Crippen LogP contribution in [0.5, 0.6) is 11.5 Å². The van der Waals surface area contributed by atoms with E-state index in [0.29, 0.717) is 27.1 Å². The summed E-state index contributed by atoms with van der Waals surface area (Å²) in [5.41, 5.74) is 3.35. The molecule has 23 heavy (non-hydrogen) atoms. The quantitative estimate of drug-likeness (QED) is 0.658. The van der Waals surface area contributed by atoms with Crippen LogP contribution in [0.25, 0.3) is 0 Å². The summed E-state index contributed by atoms with van der Waals surface area (Å²) in [4.78, 5) is 12.0. The predicted molar refractivity (Wildman–Crippen MR) is 91.1 cm³/mol. The number of carbonyl (C=O) groups is 1. The first-order chi connectivity index (χ1) is 11.0. The number of nitrogens with zero attached hydrogens (tertiary/aromatic N) is 1. The highest BCUT2D eigenvalue weighted by molar-refractivity contribution is 6.35. The Kier molecular flexibility index (Phi) is 5.84. The number of amides is 1. The molecule has 0 heterocycles. The average Bonchev–Trinajstić information content (AvgIpc) is 2.56. The van der Waals surface area contributed by atoms with Crippen LogP contribution < -0.4 is 14.9 Å². The number of nitrogens with one attached hydrogen (secondary N) is 1. The first kappa shape index (κ1) is 17.1. The second kappa shape index (κ2) is 7.85. The molecular formula is C16H14Cl2N2O3. The number of hydrogen-bond donors (Lipinski definition) is 1. The maximum Gasteiger partial charge on any atom is 0.272 e. The van der Waals surface area contributed by atoms with Crippen LogP contribution in [-0.4, -0.2) is 26.3 Å². The number of hydrogen-bond acceptors (Lipinski definition) is 4. The molecule has 1 amide bonds. The lowest BCUT2D eigenvalue weighted by Crippen LogP contribution is -2.18. The zero-order chi connectivity index (χ0) is 16.8. The number of hydrazone groups is 1. The Hall–Kier alpha value is -2.24. The fraction of sp³-hybridized carbons (Fsp3) is 0.125. The summed E-state index contributed by atoms with van der Waals surface area (Å²) < 4.78 is 10.3. The van der Waals surface area contributed by atoms with E-state index >= 15 is 0 Å². The monoisotopic (exact) mass is 352 g/mol. The molecule has 0 saturated carbocycles. The molecule has 5 nitrogen and oxygen atoms in total. The fourth-order valence-electron chi connectivity index (χ4n) is 1.80. The van der Waals surface area contributed by atoms with Gasteiger partial charge in [-0.2, -0.15) is 5.10 Å². The summed E-state index contributed by atoms with van der Waals surface area (Å²) in [6.07, 6.45) is 1.47. The summed E-state index contributed by atoms with van der Waals surface area (Å²) >= 11 is 11.8. The highest BCUT2D eigenvalue weighted by atomic mass is 35.5. The van der Waals surface area contributed by atoms with Crippen LogP contribution in [0.3, 0.4) is 0 Å². The van der Waals surface area contributed by atoms with E-state index < -0.39 is 5.91 Å². The second-order valence-corrected chi connectivity index (χ2v) is 5.31. The minimum absolute atomic E-state index is 0.250. The lowest BCUT2D eigenvalue weighted by molar-refractivity contribution is 0.0955. The van der Waals surface area contributed by atoms with E-state index in [1.54, 1.807) is 44.6 Å². The number of carbonyl (C=O) groups excluding carboxylic acids is 1. The van der Waals surface area contributed by atoms with Crippen molar-refractivity contribution in [3.05, 3.63) is 57.6 Å². The molecule has 0 bridgehead atoms. The smallest absolute Gasteiger partial charge is 0.272 e. The van der Waals surface area contributed by atoms with Crippen LogP contribution in [0.2, 0.25) is 10.0 Å². The van der Waals surface area contributed by atoms with Gasteiger partial charge in [-0.1, -0.05) is 23.2 Å². The summed E-state index contributed by atoms with van der Waals surface area (Å²) in [7, 11) is 3.11. The van der Waals surface area contributed by atoms with Crippen molar-refractivity contribution in [2.24, 2.45) is 5.10 Å². The van der Waals surface area contributed by atoms with Crippen molar-refractivity contribution >= 4 is 35.3 Å². The van der Waals surface area contributed by atoms with E-state index in [1.807, 2.05) is 0 Å². The SMILES string of the molecule is COc1cc(/C=N\NC(=O)c2cc(Cl)ccc2Cl)cc(OC)c1. The predicted octanol–water partition coefficient (Wildman–Crippen LogP) is 3.77. The topological polar surface area (TPSA) is 59.9 Å². The van der Waals surface area contributed by atoms with E-state index in [0.717, 1.165) is 0 Å². The molecule has 2 aromatic carbocycles. The van der Waals surface area contributed by atoms with E-state index in [2.05, 4.69) is 10.5 Å². The molecule has 0 aromatic heterocycles. The van der Waals surface area contributed by atoms with Gasteiger partial charge in [-0.25, -0.2) is 5.43 Å². The van der Waals surface area contributed by atoms with Crippen LogP contribution >= 0.6 is 23.2 Å². The molecule has 0 radical (unpaired) electrons. The van der Waals surface area contributed by atoms with E-state index in [-0.39, 0.29) is 5.56 Å². The molecule has 1 N–H and O–H groups in total. The molecule has 7 heteroatoms. The van der Waals surface area contributed by atoms with Crippen LogP contribution in [0.4, 0.5) is 0 Å². The normalized spacial score (nSPS) is 10.6. The van der Waals surface area contributed by atoms with Crippen molar-refractivity contribution in [2.75, 3.05) is 14.2 Å². The van der Waals surface area contributed by atoms with Crippen molar-refractivity contribution in [1.82, 2.24) is 5.43 Å². The zero-order valence-corrected chi connectivity index (χ0v) is 14.0. The van der Waals surface area contributed by atoms with Gasteiger partial charge in [0.25, 0.3) is 5.91 Å². The lowest BCUT2D eigenvalue weighted by Gasteiger charge is -2.06. The molecule has 0 saturated heterocycles. The maximum absolute atomic E-state index is 12.0. The van der Waals surface area contributed by atoms with Crippen LogP contribution in [-0.2, 0) is 0 Å². The van der Waals surface area contributed by atoms with E-state index in [9.17, 15) is 4.79 Å². The number of methoxy groups -OCH3 is 2. The maximum atomic E-state index is 12.0. The Balaban J connectivity index is 2.12. The molecule has 2 aromatic rings. The largest absolute Gasteiger partial charge is 0.497 e. The number of benzene rings is 2. The van der Waals surface area contributed by atoms with Crippen LogP contribution in [0, 0.1) is 0 Å². The van der Waals surface area contributed by atoms with Gasteiger partial charge in [-0.3, -0.25) is 4.79 Å². The van der Waals surface area contributed by atoms with Crippen molar-refractivity contribution < 1.29 is 14.3 Å². The Morgan fingerprint density at radius 3 is 2.35 bits per heavy atom. The number of rotatable bonds is 5. The molecule has 0 aliphatic heterocycles. The highest BCUT2D eigenvalue weighted by Crippen LogP contribution is 2.22. The van der Waals surface area contributed by atoms with Gasteiger partial charge < -0.3 is 9.47 Å². The summed E-state index contributed by atoms with van der Waals surface area (Å²) in [5.74, 6) is 0.786. The highest BCUT2D eigenvalue weighted by Gasteiger charge is 2.10. The number of halogens is 2. The third-order valence-electron chi connectivity index (χ3n) is 2.93. The minimum atomic E-state index is -0.455. The van der Waals surface area contributed by atoms with E-state index in [4.69, 9.17) is 32.7 Å². The molecule has 0 aliphatic rings. The molecule has 0 fully saturated rings. The summed E-state index contributed by atoms with van der Waals surface area (Å²) in [6.45, 7) is 0. The van der Waals surface area contributed by atoms with Gasteiger partial charge in [-0.05, 0) is 30.3 Å². The minimum Gasteiger partial charge on any atom is -0.497 e. The van der Waals surface area contributed by atoms with Crippen molar-refractivity contribution in [3.8, 4) is 11.5 Å². The van der Waals surface area contributed by atoms with Gasteiger partial charge in [0, 0.05) is 16.7 Å². The van der Waals surface area contributed by atoms with Crippen molar-refractivity contribution in [1.29, 1.82) is 0 Å². The lowest BCUT2D eigenvalue weighted by atomic mass is 10.2. The van der Waals surface area contributed by atoms with Gasteiger partial charge in [0.05, 0.1) is 31.0 Å². The third-order valence-corrected chi connectivity index (χ3v) is 3.49. The standard InChI is InChI=1S/C16H14Cl2N2O3/c1-22-12-5-10(6-13(8-12)23-2)9-19-20-16(21)14-7-11(17)3-4-15(14)18/h3-9H,1-2H3,(H,20,21)/b19-9-. The first-order valence-corrected chi connectivity index (χ1v) is 7.30. The molecule has 2 rings (SSSR count). The molecule has 0 aliphatic carbocycles. The fourth-order valence-corrected chi connectivity index (χ4v) is 2.18. The molecular weight excluding hydrogens is 339 g/mol. The third kappa shape index (κ3) is 4.61. The van der Waals surface area contributed by atoms with Crippen molar-refractivity contribution in [2.45, 2.75) is 0 Å². The van der Waals surface area contributed by atoms with Gasteiger partial charge in [0.2, 0.25) is 0 Å². The summed E-state index contributed by atoms with van der Waals surface area (Å²) in [5, 5.41) is 4.62. The zero-order valence-electron chi connectivity index (χ0n) is 12.5. The van der Waals surface area contributed by atoms with Gasteiger partial charge in [0.15, 0.2) is 0 Å². The molecule has 0 unspecified atom stereocenters. The molecule has 120 valence electrons.